The molecule has 0 bridgehead atoms. The lowest BCUT2D eigenvalue weighted by atomic mass is 10.1. The number of carbonyl (C=O) groups is 1. The van der Waals surface area contributed by atoms with Gasteiger partial charge in [0.15, 0.2) is 6.61 Å². The molecule has 3 heteroatoms. The van der Waals surface area contributed by atoms with Crippen LogP contribution in [0.1, 0.15) is 30.4 Å². The Bertz CT molecular complexity index is 402. The Kier molecular flexibility index (Phi) is 4.24. The Morgan fingerprint density at radius 2 is 1.72 bits per heavy atom. The molecule has 1 aliphatic rings. The number of hydrogen-bond acceptors (Lipinski definition) is 2. The Morgan fingerprint density at radius 1 is 1.11 bits per heavy atom. The summed E-state index contributed by atoms with van der Waals surface area (Å²) in [5, 5.41) is 0. The minimum absolute atomic E-state index is 0.105. The maximum Gasteiger partial charge on any atom is 0.260 e. The number of carbonyl (C=O) groups excluding carboxylic acids is 1. The molecular weight excluding hydrogens is 226 g/mol. The third kappa shape index (κ3) is 3.49. The fraction of sp³-hybridized carbons (Fsp3) is 0.533. The number of likely N-dealkylation sites (tertiary alicyclic amines) is 1. The van der Waals surface area contributed by atoms with Crippen LogP contribution in [0.2, 0.25) is 0 Å². The predicted molar refractivity (Wildman–Crippen MR) is 71.8 cm³/mol. The number of rotatable bonds is 3. The van der Waals surface area contributed by atoms with Crippen LogP contribution in [0.4, 0.5) is 0 Å². The first kappa shape index (κ1) is 12.9. The van der Waals surface area contributed by atoms with Crippen molar-refractivity contribution in [1.82, 2.24) is 4.90 Å². The van der Waals surface area contributed by atoms with Gasteiger partial charge in [0.25, 0.3) is 5.91 Å². The van der Waals surface area contributed by atoms with Crippen LogP contribution in [0, 0.1) is 13.8 Å². The highest BCUT2D eigenvalue weighted by Gasteiger charge is 2.16. The molecule has 3 nitrogen and oxygen atoms in total. The molecule has 0 N–H and O–H groups in total. The van der Waals surface area contributed by atoms with Gasteiger partial charge in [-0.05, 0) is 56.4 Å². The Balaban J connectivity index is 1.88. The lowest BCUT2D eigenvalue weighted by Gasteiger charge is -2.26. The molecule has 0 spiro atoms. The molecule has 1 saturated heterocycles. The van der Waals surface area contributed by atoms with Crippen LogP contribution in [-0.4, -0.2) is 30.5 Å². The second-order valence-electron chi connectivity index (χ2n) is 5.05. The number of benzene rings is 1. The predicted octanol–water partition coefficient (Wildman–Crippen LogP) is 2.69. The molecule has 0 atom stereocenters. The minimum Gasteiger partial charge on any atom is -0.484 e. The van der Waals surface area contributed by atoms with E-state index in [0.29, 0.717) is 0 Å². The number of piperidine rings is 1. The molecule has 2 rings (SSSR count). The summed E-state index contributed by atoms with van der Waals surface area (Å²) in [6.07, 6.45) is 3.48. The van der Waals surface area contributed by atoms with Gasteiger partial charge in [0.2, 0.25) is 0 Å². The van der Waals surface area contributed by atoms with Crippen molar-refractivity contribution in [2.24, 2.45) is 0 Å². The minimum atomic E-state index is 0.105. The fourth-order valence-electron chi connectivity index (χ4n) is 2.40. The van der Waals surface area contributed by atoms with Gasteiger partial charge >= 0.3 is 0 Å². The van der Waals surface area contributed by atoms with Crippen LogP contribution in [0.25, 0.3) is 0 Å². The second kappa shape index (κ2) is 5.89. The zero-order chi connectivity index (χ0) is 13.0. The van der Waals surface area contributed by atoms with Crippen LogP contribution in [0.15, 0.2) is 18.2 Å². The second-order valence-corrected chi connectivity index (χ2v) is 5.05. The Labute approximate surface area is 109 Å². The quantitative estimate of drug-likeness (QED) is 0.822. The van der Waals surface area contributed by atoms with E-state index in [2.05, 4.69) is 6.07 Å². The van der Waals surface area contributed by atoms with E-state index in [9.17, 15) is 4.79 Å². The van der Waals surface area contributed by atoms with E-state index in [4.69, 9.17) is 4.74 Å². The summed E-state index contributed by atoms with van der Waals surface area (Å²) in [5.74, 6) is 0.895. The summed E-state index contributed by atoms with van der Waals surface area (Å²) in [7, 11) is 0. The van der Waals surface area contributed by atoms with Crippen molar-refractivity contribution in [3.8, 4) is 5.75 Å². The fourth-order valence-corrected chi connectivity index (χ4v) is 2.40. The van der Waals surface area contributed by atoms with Crippen molar-refractivity contribution in [3.63, 3.8) is 0 Å². The van der Waals surface area contributed by atoms with Crippen molar-refractivity contribution in [2.75, 3.05) is 19.7 Å². The summed E-state index contributed by atoms with van der Waals surface area (Å²) in [6, 6.07) is 6.03. The zero-order valence-corrected chi connectivity index (χ0v) is 11.2. The first-order valence-electron chi connectivity index (χ1n) is 6.64. The summed E-state index contributed by atoms with van der Waals surface area (Å²) < 4.78 is 5.59. The molecule has 1 aromatic rings. The third-order valence-corrected chi connectivity index (χ3v) is 3.27. The highest BCUT2D eigenvalue weighted by Crippen LogP contribution is 2.16. The number of hydrogen-bond donors (Lipinski definition) is 0. The number of nitrogens with zero attached hydrogens (tertiary/aromatic N) is 1. The number of amides is 1. The Hall–Kier alpha value is -1.51. The molecule has 0 aromatic heterocycles. The van der Waals surface area contributed by atoms with E-state index in [0.717, 1.165) is 42.8 Å². The van der Waals surface area contributed by atoms with Crippen molar-refractivity contribution >= 4 is 5.91 Å². The van der Waals surface area contributed by atoms with Crippen molar-refractivity contribution in [1.29, 1.82) is 0 Å². The van der Waals surface area contributed by atoms with Gasteiger partial charge in [-0.1, -0.05) is 6.07 Å². The topological polar surface area (TPSA) is 29.5 Å². The molecule has 1 amide bonds. The molecule has 0 unspecified atom stereocenters. The molecule has 0 saturated carbocycles. The van der Waals surface area contributed by atoms with Crippen molar-refractivity contribution in [3.05, 3.63) is 29.3 Å². The van der Waals surface area contributed by atoms with Gasteiger partial charge in [0.1, 0.15) is 5.75 Å². The lowest BCUT2D eigenvalue weighted by Crippen LogP contribution is -2.38. The van der Waals surface area contributed by atoms with Crippen LogP contribution in [0.5, 0.6) is 5.75 Å². The van der Waals surface area contributed by atoms with Gasteiger partial charge in [-0.15, -0.1) is 0 Å². The van der Waals surface area contributed by atoms with E-state index in [1.54, 1.807) is 0 Å². The van der Waals surface area contributed by atoms with Gasteiger partial charge in [-0.3, -0.25) is 4.79 Å². The molecule has 18 heavy (non-hydrogen) atoms. The van der Waals surface area contributed by atoms with Crippen LogP contribution in [0.3, 0.4) is 0 Å². The molecule has 1 aromatic carbocycles. The van der Waals surface area contributed by atoms with E-state index in [-0.39, 0.29) is 12.5 Å². The molecule has 0 radical (unpaired) electrons. The molecular formula is C15H21NO2. The molecule has 0 aliphatic carbocycles. The first-order valence-corrected chi connectivity index (χ1v) is 6.64. The third-order valence-electron chi connectivity index (χ3n) is 3.27. The summed E-state index contributed by atoms with van der Waals surface area (Å²) in [6.45, 7) is 5.99. The van der Waals surface area contributed by atoms with Gasteiger partial charge in [-0.25, -0.2) is 0 Å². The van der Waals surface area contributed by atoms with Gasteiger partial charge in [0, 0.05) is 13.1 Å². The van der Waals surface area contributed by atoms with Crippen LogP contribution in [-0.2, 0) is 4.79 Å². The highest BCUT2D eigenvalue weighted by atomic mass is 16.5. The maximum absolute atomic E-state index is 11.9. The summed E-state index contributed by atoms with van der Waals surface area (Å²) in [5.41, 5.74) is 2.32. The normalized spacial score (nSPS) is 15.6. The van der Waals surface area contributed by atoms with Crippen LogP contribution >= 0.6 is 0 Å². The van der Waals surface area contributed by atoms with Gasteiger partial charge in [-0.2, -0.15) is 0 Å². The van der Waals surface area contributed by atoms with E-state index in [1.165, 1.54) is 6.42 Å². The van der Waals surface area contributed by atoms with E-state index in [1.807, 2.05) is 30.9 Å². The van der Waals surface area contributed by atoms with E-state index < -0.39 is 0 Å². The SMILES string of the molecule is Cc1cc(C)cc(OCC(=O)N2CCCCC2)c1. The van der Waals surface area contributed by atoms with Gasteiger partial charge in [0.05, 0.1) is 0 Å². The monoisotopic (exact) mass is 247 g/mol. The first-order chi connectivity index (χ1) is 8.65. The largest absolute Gasteiger partial charge is 0.484 e. The lowest BCUT2D eigenvalue weighted by molar-refractivity contribution is -0.134. The average Bonchev–Trinajstić information content (AvgIpc) is 2.36. The molecule has 1 aliphatic heterocycles. The molecule has 1 heterocycles. The maximum atomic E-state index is 11.9. The smallest absolute Gasteiger partial charge is 0.260 e. The Morgan fingerprint density at radius 3 is 2.33 bits per heavy atom. The summed E-state index contributed by atoms with van der Waals surface area (Å²) in [4.78, 5) is 13.9. The van der Waals surface area contributed by atoms with Crippen molar-refractivity contribution in [2.45, 2.75) is 33.1 Å². The highest BCUT2D eigenvalue weighted by molar-refractivity contribution is 5.77. The van der Waals surface area contributed by atoms with Crippen molar-refractivity contribution < 1.29 is 9.53 Å². The number of ether oxygens (including phenoxy) is 1. The van der Waals surface area contributed by atoms with Gasteiger partial charge < -0.3 is 9.64 Å². The number of aryl methyl sites for hydroxylation is 2. The molecule has 1 fully saturated rings. The van der Waals surface area contributed by atoms with E-state index >= 15 is 0 Å². The zero-order valence-electron chi connectivity index (χ0n) is 11.2. The summed E-state index contributed by atoms with van der Waals surface area (Å²) >= 11 is 0. The standard InChI is InChI=1S/C15H21NO2/c1-12-8-13(2)10-14(9-12)18-11-15(17)16-6-4-3-5-7-16/h8-10H,3-7,11H2,1-2H3. The molecule has 98 valence electrons. The average molecular weight is 247 g/mol. The van der Waals surface area contributed by atoms with Crippen LogP contribution < -0.4 is 4.74 Å².